The molecule has 6 heteroatoms. The third-order valence-corrected chi connectivity index (χ3v) is 2.73. The summed E-state index contributed by atoms with van der Waals surface area (Å²) in [5.41, 5.74) is 0.360. The van der Waals surface area contributed by atoms with Gasteiger partial charge in [-0.05, 0) is 24.4 Å². The van der Waals surface area contributed by atoms with Crippen LogP contribution in [-0.4, -0.2) is 22.6 Å². The van der Waals surface area contributed by atoms with E-state index in [0.717, 1.165) is 0 Å². The van der Waals surface area contributed by atoms with Gasteiger partial charge < -0.3 is 9.72 Å². The molecule has 88 valence electrons. The number of nitrogens with one attached hydrogen (secondary N) is 1. The van der Waals surface area contributed by atoms with Crippen molar-refractivity contribution >= 4 is 29.1 Å². The van der Waals surface area contributed by atoms with Gasteiger partial charge in [0.1, 0.15) is 6.54 Å². The van der Waals surface area contributed by atoms with Crippen molar-refractivity contribution in [3.05, 3.63) is 39.4 Å². The van der Waals surface area contributed by atoms with Crippen LogP contribution in [0.25, 0.3) is 10.9 Å². The molecule has 0 fully saturated rings. The van der Waals surface area contributed by atoms with Crippen molar-refractivity contribution in [2.45, 2.75) is 6.54 Å². The number of rotatable bonds is 2. The van der Waals surface area contributed by atoms with Crippen molar-refractivity contribution in [1.29, 1.82) is 0 Å². The molecule has 1 aromatic carbocycles. The van der Waals surface area contributed by atoms with Crippen LogP contribution in [0, 0.1) is 4.77 Å². The van der Waals surface area contributed by atoms with Gasteiger partial charge in [-0.1, -0.05) is 12.1 Å². The van der Waals surface area contributed by atoms with Crippen LogP contribution < -0.4 is 5.56 Å². The first-order chi connectivity index (χ1) is 8.13. The van der Waals surface area contributed by atoms with Crippen LogP contribution in [0.5, 0.6) is 0 Å². The van der Waals surface area contributed by atoms with E-state index in [1.54, 1.807) is 24.3 Å². The summed E-state index contributed by atoms with van der Waals surface area (Å²) in [6, 6.07) is 6.99. The molecule has 1 N–H and O–H groups in total. The highest BCUT2D eigenvalue weighted by atomic mass is 32.1. The van der Waals surface area contributed by atoms with E-state index in [-0.39, 0.29) is 16.9 Å². The molecule has 1 heterocycles. The Bertz CT molecular complexity index is 687. The van der Waals surface area contributed by atoms with Gasteiger partial charge in [-0.15, -0.1) is 0 Å². The Morgan fingerprint density at radius 2 is 2.18 bits per heavy atom. The van der Waals surface area contributed by atoms with Crippen LogP contribution in [0.2, 0.25) is 0 Å². The number of aromatic nitrogens is 2. The first kappa shape index (κ1) is 11.5. The highest BCUT2D eigenvalue weighted by molar-refractivity contribution is 7.71. The second-order valence-electron chi connectivity index (χ2n) is 3.44. The van der Waals surface area contributed by atoms with Crippen LogP contribution in [-0.2, 0) is 16.1 Å². The molecular formula is C11H10N2O3S. The molecule has 1 aromatic heterocycles. The Balaban J connectivity index is 2.68. The second kappa shape index (κ2) is 4.50. The lowest BCUT2D eigenvalue weighted by molar-refractivity contribution is -0.141. The molecule has 0 radical (unpaired) electrons. The zero-order valence-electron chi connectivity index (χ0n) is 9.10. The molecule has 0 spiro atoms. The minimum Gasteiger partial charge on any atom is -0.468 e. The largest absolute Gasteiger partial charge is 0.468 e. The molecule has 0 aliphatic carbocycles. The molecular weight excluding hydrogens is 240 g/mol. The number of carbonyl (C=O) groups excluding carboxylic acids is 1. The number of nitrogens with zero attached hydrogens (tertiary/aromatic N) is 1. The van der Waals surface area contributed by atoms with Crippen molar-refractivity contribution in [3.63, 3.8) is 0 Å². The van der Waals surface area contributed by atoms with E-state index in [1.807, 2.05) is 0 Å². The molecule has 0 atom stereocenters. The van der Waals surface area contributed by atoms with Gasteiger partial charge in [0.25, 0.3) is 5.56 Å². The number of para-hydroxylation sites is 1. The van der Waals surface area contributed by atoms with E-state index in [0.29, 0.717) is 10.9 Å². The fourth-order valence-electron chi connectivity index (χ4n) is 1.54. The number of ether oxygens (including phenoxy) is 1. The van der Waals surface area contributed by atoms with Gasteiger partial charge in [0, 0.05) is 0 Å². The van der Waals surface area contributed by atoms with Crippen molar-refractivity contribution < 1.29 is 9.53 Å². The summed E-state index contributed by atoms with van der Waals surface area (Å²) in [7, 11) is 1.27. The third-order valence-electron chi connectivity index (χ3n) is 2.40. The standard InChI is InChI=1S/C11H10N2O3S/c1-16-9(14)6-13-10(15)7-4-2-3-5-8(7)12-11(13)17/h2-5H,6H2,1H3,(H,12,17). The predicted octanol–water partition coefficient (Wildman–Crippen LogP) is 1.23. The summed E-state index contributed by atoms with van der Waals surface area (Å²) in [6.45, 7) is -0.185. The topological polar surface area (TPSA) is 64.1 Å². The summed E-state index contributed by atoms with van der Waals surface area (Å²) < 4.78 is 5.91. The van der Waals surface area contributed by atoms with Crippen molar-refractivity contribution in [2.75, 3.05) is 7.11 Å². The number of hydrogen-bond acceptors (Lipinski definition) is 4. The van der Waals surface area contributed by atoms with E-state index in [9.17, 15) is 9.59 Å². The molecule has 5 nitrogen and oxygen atoms in total. The Morgan fingerprint density at radius 1 is 1.47 bits per heavy atom. The van der Waals surface area contributed by atoms with Crippen LogP contribution in [0.1, 0.15) is 0 Å². The summed E-state index contributed by atoms with van der Waals surface area (Å²) in [5, 5.41) is 0.491. The lowest BCUT2D eigenvalue weighted by Crippen LogP contribution is -2.26. The van der Waals surface area contributed by atoms with E-state index < -0.39 is 5.97 Å². The second-order valence-corrected chi connectivity index (χ2v) is 3.83. The first-order valence-corrected chi connectivity index (χ1v) is 5.33. The zero-order chi connectivity index (χ0) is 12.4. The number of esters is 1. The normalized spacial score (nSPS) is 10.4. The van der Waals surface area contributed by atoms with E-state index in [4.69, 9.17) is 12.2 Å². The van der Waals surface area contributed by atoms with Crippen LogP contribution in [0.3, 0.4) is 0 Å². The maximum atomic E-state index is 12.1. The maximum absolute atomic E-state index is 12.1. The van der Waals surface area contributed by atoms with Gasteiger partial charge in [-0.25, -0.2) is 0 Å². The summed E-state index contributed by atoms with van der Waals surface area (Å²) >= 11 is 5.03. The summed E-state index contributed by atoms with van der Waals surface area (Å²) in [4.78, 5) is 26.1. The Morgan fingerprint density at radius 3 is 2.88 bits per heavy atom. The minimum absolute atomic E-state index is 0.185. The molecule has 0 amide bonds. The number of hydrogen-bond donors (Lipinski definition) is 1. The molecule has 0 bridgehead atoms. The SMILES string of the molecule is COC(=O)Cn1c(=S)[nH]c2ccccc2c1=O. The summed E-state index contributed by atoms with van der Waals surface area (Å²) in [5.74, 6) is -0.512. The number of carbonyl (C=O) groups is 1. The smallest absolute Gasteiger partial charge is 0.325 e. The van der Waals surface area contributed by atoms with E-state index in [2.05, 4.69) is 9.72 Å². The molecule has 0 unspecified atom stereocenters. The maximum Gasteiger partial charge on any atom is 0.325 e. The van der Waals surface area contributed by atoms with Gasteiger partial charge >= 0.3 is 5.97 Å². The van der Waals surface area contributed by atoms with Crippen molar-refractivity contribution in [3.8, 4) is 0 Å². The van der Waals surface area contributed by atoms with Crippen molar-refractivity contribution in [1.82, 2.24) is 9.55 Å². The number of aromatic amines is 1. The van der Waals surface area contributed by atoms with Gasteiger partial charge in [0.05, 0.1) is 18.0 Å². The van der Waals surface area contributed by atoms with Crippen molar-refractivity contribution in [2.24, 2.45) is 0 Å². The molecule has 0 aliphatic heterocycles. The fourth-order valence-corrected chi connectivity index (χ4v) is 1.79. The molecule has 0 saturated heterocycles. The average molecular weight is 250 g/mol. The molecule has 2 rings (SSSR count). The average Bonchev–Trinajstić information content (AvgIpc) is 2.34. The number of benzene rings is 1. The third kappa shape index (κ3) is 2.12. The van der Waals surface area contributed by atoms with Gasteiger partial charge in [-0.2, -0.15) is 0 Å². The minimum atomic E-state index is -0.512. The number of H-pyrrole nitrogens is 1. The molecule has 0 aliphatic rings. The lowest BCUT2D eigenvalue weighted by atomic mass is 10.2. The number of methoxy groups -OCH3 is 1. The molecule has 2 aromatic rings. The first-order valence-electron chi connectivity index (χ1n) is 4.92. The fraction of sp³-hybridized carbons (Fsp3) is 0.182. The predicted molar refractivity (Wildman–Crippen MR) is 65.4 cm³/mol. The lowest BCUT2D eigenvalue weighted by Gasteiger charge is -2.06. The molecule has 0 saturated carbocycles. The molecule has 17 heavy (non-hydrogen) atoms. The van der Waals surface area contributed by atoms with Crippen LogP contribution in [0.15, 0.2) is 29.1 Å². The summed E-state index contributed by atoms with van der Waals surface area (Å²) in [6.07, 6.45) is 0. The van der Waals surface area contributed by atoms with E-state index in [1.165, 1.54) is 11.7 Å². The zero-order valence-corrected chi connectivity index (χ0v) is 9.91. The van der Waals surface area contributed by atoms with Gasteiger partial charge in [-0.3, -0.25) is 14.2 Å². The van der Waals surface area contributed by atoms with E-state index >= 15 is 0 Å². The number of fused-ring (bicyclic) bond motifs is 1. The van der Waals surface area contributed by atoms with Gasteiger partial charge in [0.15, 0.2) is 4.77 Å². The Labute approximate surface area is 102 Å². The Kier molecular flexibility index (Phi) is 3.06. The highest BCUT2D eigenvalue weighted by Crippen LogP contribution is 2.05. The monoisotopic (exact) mass is 250 g/mol. The highest BCUT2D eigenvalue weighted by Gasteiger charge is 2.08. The van der Waals surface area contributed by atoms with Crippen LogP contribution in [0.4, 0.5) is 0 Å². The Hall–Kier alpha value is -1.95. The van der Waals surface area contributed by atoms with Gasteiger partial charge in [0.2, 0.25) is 0 Å². The quantitative estimate of drug-likeness (QED) is 0.643. The van der Waals surface area contributed by atoms with Crippen LogP contribution >= 0.6 is 12.2 Å².